The summed E-state index contributed by atoms with van der Waals surface area (Å²) in [7, 11) is -3.75. The Bertz CT molecular complexity index is 1350. The molecule has 2 aliphatic rings. The maximum absolute atomic E-state index is 14.0. The molecule has 0 spiro atoms. The minimum atomic E-state index is -4.92. The lowest BCUT2D eigenvalue weighted by Crippen LogP contribution is -2.63. The van der Waals surface area contributed by atoms with Gasteiger partial charge in [0.25, 0.3) is 0 Å². The molecule has 4 rings (SSSR count). The molecular weight excluding hydrogens is 524 g/mol. The van der Waals surface area contributed by atoms with E-state index in [9.17, 15) is 31.1 Å². The van der Waals surface area contributed by atoms with Gasteiger partial charge in [-0.3, -0.25) is 0 Å². The number of alkyl halides is 3. The fraction of sp³-hybridized carbons (Fsp3) is 0.462. The number of hydrogen-bond donors (Lipinski definition) is 5. The first-order valence-corrected chi connectivity index (χ1v) is 14.0. The topological polar surface area (TPSA) is 126 Å². The molecule has 0 aliphatic heterocycles. The molecule has 0 bridgehead atoms. The van der Waals surface area contributed by atoms with Crippen LogP contribution in [0.3, 0.4) is 0 Å². The summed E-state index contributed by atoms with van der Waals surface area (Å²) in [6.07, 6.45) is -2.61. The summed E-state index contributed by atoms with van der Waals surface area (Å²) in [4.78, 5) is 0. The number of nitrogens with one attached hydrogen (secondary N) is 4. The van der Waals surface area contributed by atoms with E-state index in [2.05, 4.69) is 10.0 Å². The van der Waals surface area contributed by atoms with E-state index in [1.54, 1.807) is 12.1 Å². The second-order valence-corrected chi connectivity index (χ2v) is 12.2. The molecule has 0 radical (unpaired) electrons. The number of sulfonamides is 1. The molecule has 3 unspecified atom stereocenters. The molecule has 2 aromatic rings. The zero-order valence-electron chi connectivity index (χ0n) is 20.8. The standard InChI is InChI=1S/C26H30F4N4O3S/c1-38(36,37)33-16-24-9-10-25(35,26(28,29)30)14-23(24,15-32)8-2-3-17-12-22(18(13-31)11-21(17)24)34-20-6-4-19(27)5-7-20/h4-7,11-13,15,31-35H,2-3,8-10,14,16H2,1H3. The minimum absolute atomic E-state index is 0.135. The van der Waals surface area contributed by atoms with Crippen LogP contribution in [0.5, 0.6) is 0 Å². The fourth-order valence-electron chi connectivity index (χ4n) is 6.12. The summed E-state index contributed by atoms with van der Waals surface area (Å²) in [5.74, 6) is -0.413. The van der Waals surface area contributed by atoms with Crippen LogP contribution in [-0.2, 0) is 21.9 Å². The monoisotopic (exact) mass is 554 g/mol. The molecule has 2 aromatic carbocycles. The van der Waals surface area contributed by atoms with E-state index in [0.717, 1.165) is 24.2 Å². The van der Waals surface area contributed by atoms with Crippen molar-refractivity contribution >= 4 is 33.8 Å². The molecule has 0 heterocycles. The third-order valence-electron chi connectivity index (χ3n) is 8.11. The maximum Gasteiger partial charge on any atom is 0.417 e. The van der Waals surface area contributed by atoms with E-state index >= 15 is 0 Å². The van der Waals surface area contributed by atoms with Crippen LogP contribution in [-0.4, -0.2) is 50.5 Å². The third kappa shape index (κ3) is 4.96. The van der Waals surface area contributed by atoms with Crippen LogP contribution in [0.4, 0.5) is 28.9 Å². The summed E-state index contributed by atoms with van der Waals surface area (Å²) in [6.45, 7) is -0.260. The Morgan fingerprint density at radius 3 is 2.37 bits per heavy atom. The van der Waals surface area contributed by atoms with Crippen molar-refractivity contribution in [2.75, 3.05) is 18.1 Å². The van der Waals surface area contributed by atoms with Gasteiger partial charge in [0.05, 0.1) is 6.26 Å². The van der Waals surface area contributed by atoms with Gasteiger partial charge in [-0.25, -0.2) is 17.5 Å². The van der Waals surface area contributed by atoms with Crippen molar-refractivity contribution in [3.63, 3.8) is 0 Å². The number of benzene rings is 2. The second-order valence-electron chi connectivity index (χ2n) is 10.4. The number of hydrogen-bond acceptors (Lipinski definition) is 6. The second kappa shape index (κ2) is 9.73. The first-order valence-electron chi connectivity index (χ1n) is 12.1. The van der Waals surface area contributed by atoms with Gasteiger partial charge in [-0.2, -0.15) is 13.2 Å². The van der Waals surface area contributed by atoms with Crippen molar-refractivity contribution in [1.82, 2.24) is 4.72 Å². The minimum Gasteiger partial charge on any atom is -0.380 e. The molecule has 0 saturated heterocycles. The number of halogens is 4. The molecule has 2 aliphatic carbocycles. The number of aliphatic hydroxyl groups is 1. The summed E-state index contributed by atoms with van der Waals surface area (Å²) >= 11 is 0. The van der Waals surface area contributed by atoms with Crippen LogP contribution in [0.1, 0.15) is 48.8 Å². The quantitative estimate of drug-likeness (QED) is 0.249. The van der Waals surface area contributed by atoms with Crippen molar-refractivity contribution in [2.24, 2.45) is 5.41 Å². The largest absolute Gasteiger partial charge is 0.417 e. The van der Waals surface area contributed by atoms with Crippen LogP contribution in [0.2, 0.25) is 0 Å². The molecule has 0 amide bonds. The average Bonchev–Trinajstić information content (AvgIpc) is 2.97. The molecule has 206 valence electrons. The van der Waals surface area contributed by atoms with E-state index in [1.807, 2.05) is 0 Å². The molecule has 1 fully saturated rings. The Labute approximate surface area is 218 Å². The van der Waals surface area contributed by atoms with Crippen LogP contribution in [0.25, 0.3) is 0 Å². The van der Waals surface area contributed by atoms with Gasteiger partial charge < -0.3 is 21.2 Å². The first kappa shape index (κ1) is 28.2. The predicted octanol–water partition coefficient (Wildman–Crippen LogP) is 4.80. The van der Waals surface area contributed by atoms with Crippen molar-refractivity contribution in [3.05, 3.63) is 58.9 Å². The van der Waals surface area contributed by atoms with Crippen LogP contribution < -0.4 is 10.0 Å². The molecule has 0 aromatic heterocycles. The van der Waals surface area contributed by atoms with Crippen LogP contribution in [0, 0.1) is 22.1 Å². The summed E-state index contributed by atoms with van der Waals surface area (Å²) in [6, 6.07) is 9.08. The highest BCUT2D eigenvalue weighted by Gasteiger charge is 2.66. The lowest BCUT2D eigenvalue weighted by atomic mass is 9.49. The number of fused-ring (bicyclic) bond motifs is 3. The molecule has 3 atom stereocenters. The molecule has 38 heavy (non-hydrogen) atoms. The Balaban J connectivity index is 1.91. The SMILES string of the molecule is CS(=O)(=O)NCC12CCC(O)(C(F)(F)F)CC1(C=N)CCCc1cc(Nc3ccc(F)cc3)c(C=N)cc12. The first-order chi connectivity index (χ1) is 17.7. The molecule has 7 nitrogen and oxygen atoms in total. The number of aryl methyl sites for hydroxylation is 1. The van der Waals surface area contributed by atoms with E-state index in [-0.39, 0.29) is 19.4 Å². The normalized spacial score (nSPS) is 27.5. The molecule has 12 heteroatoms. The fourth-order valence-corrected chi connectivity index (χ4v) is 6.63. The average molecular weight is 555 g/mol. The van der Waals surface area contributed by atoms with Crippen LogP contribution in [0.15, 0.2) is 36.4 Å². The van der Waals surface area contributed by atoms with Gasteiger partial charge in [-0.1, -0.05) is 0 Å². The lowest BCUT2D eigenvalue weighted by Gasteiger charge is -2.56. The van der Waals surface area contributed by atoms with E-state index in [4.69, 9.17) is 10.8 Å². The lowest BCUT2D eigenvalue weighted by molar-refractivity contribution is -0.283. The Hall–Kier alpha value is -2.83. The Morgan fingerprint density at radius 2 is 1.79 bits per heavy atom. The predicted molar refractivity (Wildman–Crippen MR) is 138 cm³/mol. The smallest absolute Gasteiger partial charge is 0.380 e. The highest BCUT2D eigenvalue weighted by atomic mass is 32.2. The van der Waals surface area contributed by atoms with E-state index < -0.39 is 51.3 Å². The van der Waals surface area contributed by atoms with Gasteiger partial charge in [0.15, 0.2) is 5.60 Å². The van der Waals surface area contributed by atoms with Gasteiger partial charge in [0, 0.05) is 46.7 Å². The van der Waals surface area contributed by atoms with Gasteiger partial charge >= 0.3 is 6.18 Å². The van der Waals surface area contributed by atoms with Crippen molar-refractivity contribution in [2.45, 2.75) is 55.7 Å². The Kier molecular flexibility index (Phi) is 7.21. The van der Waals surface area contributed by atoms with Crippen molar-refractivity contribution < 1.29 is 31.1 Å². The third-order valence-corrected chi connectivity index (χ3v) is 8.77. The zero-order valence-corrected chi connectivity index (χ0v) is 21.6. The summed E-state index contributed by atoms with van der Waals surface area (Å²) in [5, 5.41) is 30.2. The Morgan fingerprint density at radius 1 is 1.11 bits per heavy atom. The summed E-state index contributed by atoms with van der Waals surface area (Å²) < 4.78 is 82.1. The van der Waals surface area contributed by atoms with Gasteiger partial charge in [0.1, 0.15) is 5.82 Å². The van der Waals surface area contributed by atoms with Crippen LogP contribution >= 0.6 is 0 Å². The van der Waals surface area contributed by atoms with Gasteiger partial charge in [-0.05, 0) is 86.1 Å². The maximum atomic E-state index is 14.0. The van der Waals surface area contributed by atoms with Crippen molar-refractivity contribution in [1.29, 1.82) is 10.8 Å². The number of anilines is 2. The molecule has 1 saturated carbocycles. The van der Waals surface area contributed by atoms with Gasteiger partial charge in [-0.15, -0.1) is 0 Å². The van der Waals surface area contributed by atoms with E-state index in [0.29, 0.717) is 35.3 Å². The van der Waals surface area contributed by atoms with Gasteiger partial charge in [0.2, 0.25) is 10.0 Å². The molecular formula is C26H30F4N4O3S. The molecule has 5 N–H and O–H groups in total. The van der Waals surface area contributed by atoms with E-state index in [1.165, 1.54) is 24.3 Å². The number of rotatable bonds is 7. The highest BCUT2D eigenvalue weighted by Crippen LogP contribution is 2.61. The summed E-state index contributed by atoms with van der Waals surface area (Å²) in [5.41, 5.74) is -2.99. The highest BCUT2D eigenvalue weighted by molar-refractivity contribution is 7.88. The van der Waals surface area contributed by atoms with Crippen molar-refractivity contribution in [3.8, 4) is 0 Å². The zero-order chi connectivity index (χ0) is 28.0.